The molecule has 0 radical (unpaired) electrons. The maximum Gasteiger partial charge on any atom is 0.258 e. The van der Waals surface area contributed by atoms with Crippen LogP contribution in [0.3, 0.4) is 0 Å². The molecule has 2 N–H and O–H groups in total. The van der Waals surface area contributed by atoms with Gasteiger partial charge in [0.05, 0.1) is 29.4 Å². The first kappa shape index (κ1) is 23.2. The van der Waals surface area contributed by atoms with E-state index in [1.807, 2.05) is 18.2 Å². The monoisotopic (exact) mass is 498 g/mol. The Morgan fingerprint density at radius 1 is 1.09 bits per heavy atom. The molecule has 10 nitrogen and oxygen atoms in total. The minimum Gasteiger partial charge on any atom is -0.483 e. The van der Waals surface area contributed by atoms with E-state index in [9.17, 15) is 13.2 Å². The lowest BCUT2D eigenvalue weighted by Gasteiger charge is -2.10. The fourth-order valence-electron chi connectivity index (χ4n) is 3.00. The molecule has 0 bridgehead atoms. The van der Waals surface area contributed by atoms with Gasteiger partial charge in [-0.25, -0.2) is 18.1 Å². The van der Waals surface area contributed by atoms with E-state index in [4.69, 9.17) is 16.3 Å². The third kappa shape index (κ3) is 6.09. The van der Waals surface area contributed by atoms with Gasteiger partial charge in [-0.3, -0.25) is 14.5 Å². The molecule has 1 aromatic carbocycles. The number of nitrogens with one attached hydrogen (secondary N) is 2. The number of sulfonamides is 1. The van der Waals surface area contributed by atoms with Crippen LogP contribution in [0.2, 0.25) is 5.02 Å². The lowest BCUT2D eigenvalue weighted by Crippen LogP contribution is -2.13. The number of rotatable bonds is 8. The first-order valence-corrected chi connectivity index (χ1v) is 12.2. The Labute approximate surface area is 200 Å². The summed E-state index contributed by atoms with van der Waals surface area (Å²) in [5, 5.41) is 7.16. The SMILES string of the molecule is CS(=O)(=O)Nc1cc(Cl)cc(NC(=O)c2cnn(-c3ncccc3OCc3ccccn3)c2)c1. The molecule has 174 valence electrons. The zero-order valence-corrected chi connectivity index (χ0v) is 19.4. The Morgan fingerprint density at radius 3 is 2.65 bits per heavy atom. The summed E-state index contributed by atoms with van der Waals surface area (Å²) in [7, 11) is -3.50. The van der Waals surface area contributed by atoms with Crippen LogP contribution < -0.4 is 14.8 Å². The Bertz CT molecular complexity index is 1430. The van der Waals surface area contributed by atoms with Gasteiger partial charge in [0.15, 0.2) is 11.6 Å². The van der Waals surface area contributed by atoms with Crippen molar-refractivity contribution >= 4 is 38.9 Å². The van der Waals surface area contributed by atoms with Gasteiger partial charge >= 0.3 is 0 Å². The van der Waals surface area contributed by atoms with Gasteiger partial charge in [0.2, 0.25) is 10.0 Å². The number of aromatic nitrogens is 4. The second-order valence-electron chi connectivity index (χ2n) is 7.17. The van der Waals surface area contributed by atoms with E-state index < -0.39 is 15.9 Å². The van der Waals surface area contributed by atoms with Gasteiger partial charge in [0.1, 0.15) is 6.61 Å². The molecule has 0 spiro atoms. The first-order valence-electron chi connectivity index (χ1n) is 9.89. The van der Waals surface area contributed by atoms with Crippen molar-refractivity contribution < 1.29 is 17.9 Å². The van der Waals surface area contributed by atoms with Gasteiger partial charge in [-0.1, -0.05) is 17.7 Å². The highest BCUT2D eigenvalue weighted by Gasteiger charge is 2.15. The maximum atomic E-state index is 12.8. The molecule has 4 aromatic rings. The molecule has 34 heavy (non-hydrogen) atoms. The van der Waals surface area contributed by atoms with Crippen molar-refractivity contribution in [3.05, 3.63) is 89.6 Å². The van der Waals surface area contributed by atoms with Crippen LogP contribution in [0, 0.1) is 0 Å². The van der Waals surface area contributed by atoms with Crippen molar-refractivity contribution in [1.82, 2.24) is 19.7 Å². The van der Waals surface area contributed by atoms with Crippen LogP contribution in [0.5, 0.6) is 5.75 Å². The molecule has 3 heterocycles. The van der Waals surface area contributed by atoms with Crippen LogP contribution >= 0.6 is 11.6 Å². The Balaban J connectivity index is 1.50. The quantitative estimate of drug-likeness (QED) is 0.380. The summed E-state index contributed by atoms with van der Waals surface area (Å²) in [5.74, 6) is 0.403. The summed E-state index contributed by atoms with van der Waals surface area (Å²) < 4.78 is 32.6. The standard InChI is InChI=1S/C22H19ClN6O4S/c1-34(31,32)28-19-10-16(23)9-18(11-19)27-22(30)15-12-26-29(13-15)21-20(6-4-8-25-21)33-14-17-5-2-3-7-24-17/h2-13,28H,14H2,1H3,(H,27,30). The smallest absolute Gasteiger partial charge is 0.258 e. The summed E-state index contributed by atoms with van der Waals surface area (Å²) in [6.07, 6.45) is 7.18. The number of hydrogen-bond donors (Lipinski definition) is 2. The Kier molecular flexibility index (Phi) is 6.75. The topological polar surface area (TPSA) is 128 Å². The van der Waals surface area contributed by atoms with Gasteiger partial charge < -0.3 is 10.1 Å². The number of nitrogens with zero attached hydrogens (tertiary/aromatic N) is 4. The molecular weight excluding hydrogens is 480 g/mol. The van der Waals surface area contributed by atoms with E-state index >= 15 is 0 Å². The molecule has 0 fully saturated rings. The van der Waals surface area contributed by atoms with E-state index in [1.54, 1.807) is 24.5 Å². The molecule has 0 saturated carbocycles. The predicted molar refractivity (Wildman–Crippen MR) is 128 cm³/mol. The fourth-order valence-corrected chi connectivity index (χ4v) is 3.78. The largest absolute Gasteiger partial charge is 0.483 e. The Morgan fingerprint density at radius 2 is 1.88 bits per heavy atom. The lowest BCUT2D eigenvalue weighted by atomic mass is 10.2. The molecule has 3 aromatic heterocycles. The van der Waals surface area contributed by atoms with Crippen molar-refractivity contribution in [3.63, 3.8) is 0 Å². The highest BCUT2D eigenvalue weighted by Crippen LogP contribution is 2.24. The molecule has 4 rings (SSSR count). The van der Waals surface area contributed by atoms with Crippen molar-refractivity contribution in [1.29, 1.82) is 0 Å². The molecule has 12 heteroatoms. The average Bonchev–Trinajstić information content (AvgIpc) is 3.27. The van der Waals surface area contributed by atoms with Crippen molar-refractivity contribution in [2.75, 3.05) is 16.3 Å². The summed E-state index contributed by atoms with van der Waals surface area (Å²) in [5.41, 5.74) is 1.54. The number of amides is 1. The summed E-state index contributed by atoms with van der Waals surface area (Å²) in [6.45, 7) is 0.243. The minimum absolute atomic E-state index is 0.226. The number of benzene rings is 1. The average molecular weight is 499 g/mol. The summed E-state index contributed by atoms with van der Waals surface area (Å²) in [6, 6.07) is 13.4. The zero-order chi connectivity index (χ0) is 24.1. The molecule has 0 aliphatic carbocycles. The highest BCUT2D eigenvalue weighted by atomic mass is 35.5. The molecule has 0 aliphatic rings. The van der Waals surface area contributed by atoms with Crippen LogP contribution in [-0.4, -0.2) is 40.3 Å². The molecule has 1 amide bonds. The minimum atomic E-state index is -3.50. The van der Waals surface area contributed by atoms with Gasteiger partial charge in [-0.05, 0) is 42.5 Å². The molecule has 0 saturated heterocycles. The predicted octanol–water partition coefficient (Wildman–Crippen LogP) is 3.52. The number of anilines is 2. The van der Waals surface area contributed by atoms with Gasteiger partial charge in [-0.2, -0.15) is 5.10 Å². The molecular formula is C22H19ClN6O4S. The van der Waals surface area contributed by atoms with Crippen molar-refractivity contribution in [3.8, 4) is 11.6 Å². The number of pyridine rings is 2. The lowest BCUT2D eigenvalue weighted by molar-refractivity contribution is 0.102. The summed E-state index contributed by atoms with van der Waals surface area (Å²) >= 11 is 6.05. The van der Waals surface area contributed by atoms with Gasteiger partial charge in [0, 0.05) is 29.3 Å². The zero-order valence-electron chi connectivity index (χ0n) is 17.8. The second-order valence-corrected chi connectivity index (χ2v) is 9.35. The van der Waals surface area contributed by atoms with Crippen LogP contribution in [0.4, 0.5) is 11.4 Å². The van der Waals surface area contributed by atoms with E-state index in [0.717, 1.165) is 11.9 Å². The van der Waals surface area contributed by atoms with E-state index in [0.29, 0.717) is 17.3 Å². The highest BCUT2D eigenvalue weighted by molar-refractivity contribution is 7.92. The van der Waals surface area contributed by atoms with E-state index in [1.165, 1.54) is 35.3 Å². The third-order valence-electron chi connectivity index (χ3n) is 4.37. The maximum absolute atomic E-state index is 12.8. The Hall–Kier alpha value is -3.96. The van der Waals surface area contributed by atoms with Crippen molar-refractivity contribution in [2.45, 2.75) is 6.61 Å². The summed E-state index contributed by atoms with van der Waals surface area (Å²) in [4.78, 5) is 21.3. The van der Waals surface area contributed by atoms with Crippen LogP contribution in [-0.2, 0) is 16.6 Å². The second kappa shape index (κ2) is 9.89. The number of ether oxygens (including phenoxy) is 1. The number of carbonyl (C=O) groups is 1. The molecule has 0 atom stereocenters. The number of halogens is 1. The first-order chi connectivity index (χ1) is 16.3. The van der Waals surface area contributed by atoms with E-state index in [2.05, 4.69) is 25.1 Å². The van der Waals surface area contributed by atoms with Crippen LogP contribution in [0.25, 0.3) is 5.82 Å². The number of carbonyl (C=O) groups excluding carboxylic acids is 1. The van der Waals surface area contributed by atoms with Crippen molar-refractivity contribution in [2.24, 2.45) is 0 Å². The third-order valence-corrected chi connectivity index (χ3v) is 5.20. The van der Waals surface area contributed by atoms with Gasteiger partial charge in [-0.15, -0.1) is 0 Å². The van der Waals surface area contributed by atoms with Crippen LogP contribution in [0.1, 0.15) is 16.1 Å². The van der Waals surface area contributed by atoms with Crippen LogP contribution in [0.15, 0.2) is 73.3 Å². The van der Waals surface area contributed by atoms with Gasteiger partial charge in [0.25, 0.3) is 5.91 Å². The fraction of sp³-hybridized carbons (Fsp3) is 0.0909. The number of hydrogen-bond acceptors (Lipinski definition) is 7. The molecule has 0 aliphatic heterocycles. The normalized spacial score (nSPS) is 11.1. The van der Waals surface area contributed by atoms with E-state index in [-0.39, 0.29) is 22.9 Å². The molecule has 0 unspecified atom stereocenters.